The molecule has 0 aliphatic heterocycles. The van der Waals surface area contributed by atoms with Crippen molar-refractivity contribution in [1.29, 1.82) is 0 Å². The van der Waals surface area contributed by atoms with Gasteiger partial charge in [-0.2, -0.15) is 0 Å². The molecule has 3 aromatic rings. The van der Waals surface area contributed by atoms with Gasteiger partial charge in [0.05, 0.1) is 5.56 Å². The van der Waals surface area contributed by atoms with Crippen molar-refractivity contribution in [2.24, 2.45) is 0 Å². The molecule has 0 aliphatic rings. The minimum Gasteiger partial charge on any atom is -0.340 e. The molecule has 2 aromatic heterocycles. The molecular weight excluding hydrogens is 348 g/mol. The van der Waals surface area contributed by atoms with Gasteiger partial charge in [0.25, 0.3) is 5.91 Å². The second kappa shape index (κ2) is 7.66. The van der Waals surface area contributed by atoms with E-state index in [2.05, 4.69) is 49.7 Å². The van der Waals surface area contributed by atoms with Crippen molar-refractivity contribution >= 4 is 28.4 Å². The number of aromatic nitrogens is 2. The summed E-state index contributed by atoms with van der Waals surface area (Å²) in [6, 6.07) is 12.2. The minimum atomic E-state index is -0.185. The first-order chi connectivity index (χ1) is 13.2. The van der Waals surface area contributed by atoms with Crippen LogP contribution in [0.25, 0.3) is 11.0 Å². The number of carbonyl (C=O) groups is 1. The van der Waals surface area contributed by atoms with Gasteiger partial charge in [-0.05, 0) is 65.8 Å². The predicted molar refractivity (Wildman–Crippen MR) is 116 cm³/mol. The lowest BCUT2D eigenvalue weighted by Crippen LogP contribution is -2.30. The fraction of sp³-hybridized carbons (Fsp3) is 0.391. The Morgan fingerprint density at radius 2 is 1.71 bits per heavy atom. The highest BCUT2D eigenvalue weighted by molar-refractivity contribution is 6.06. The summed E-state index contributed by atoms with van der Waals surface area (Å²) in [5, 5.41) is 4.26. The zero-order valence-electron chi connectivity index (χ0n) is 17.7. The molecule has 1 amide bonds. The van der Waals surface area contributed by atoms with Gasteiger partial charge in [-0.1, -0.05) is 17.7 Å². The van der Waals surface area contributed by atoms with Crippen LogP contribution in [0, 0.1) is 6.92 Å². The number of hydrogen-bond donors (Lipinski definition) is 1. The summed E-state index contributed by atoms with van der Waals surface area (Å²) < 4.78 is 2.10. The number of hydrogen-bond acceptors (Lipinski definition) is 3. The Kier molecular flexibility index (Phi) is 5.45. The molecule has 0 fully saturated rings. The van der Waals surface area contributed by atoms with E-state index in [0.29, 0.717) is 18.7 Å². The highest BCUT2D eigenvalue weighted by Crippen LogP contribution is 2.29. The van der Waals surface area contributed by atoms with E-state index >= 15 is 0 Å². The van der Waals surface area contributed by atoms with Crippen LogP contribution >= 0.6 is 0 Å². The van der Waals surface area contributed by atoms with Gasteiger partial charge in [0, 0.05) is 35.9 Å². The van der Waals surface area contributed by atoms with Gasteiger partial charge in [-0.15, -0.1) is 0 Å². The third kappa shape index (κ3) is 3.88. The van der Waals surface area contributed by atoms with Gasteiger partial charge in [-0.25, -0.2) is 4.98 Å². The third-order valence-electron chi connectivity index (χ3n) is 4.98. The van der Waals surface area contributed by atoms with Crippen LogP contribution in [-0.2, 0) is 5.54 Å². The van der Waals surface area contributed by atoms with Gasteiger partial charge < -0.3 is 14.8 Å². The maximum absolute atomic E-state index is 13.0. The lowest BCUT2D eigenvalue weighted by atomic mass is 10.1. The average Bonchev–Trinajstić information content (AvgIpc) is 3.04. The zero-order chi connectivity index (χ0) is 20.5. The number of rotatable bonds is 5. The van der Waals surface area contributed by atoms with Crippen molar-refractivity contribution in [3.05, 3.63) is 53.7 Å². The first kappa shape index (κ1) is 19.9. The number of benzene rings is 1. The average molecular weight is 379 g/mol. The summed E-state index contributed by atoms with van der Waals surface area (Å²) in [7, 11) is 0. The van der Waals surface area contributed by atoms with Crippen LogP contribution in [0.1, 0.15) is 50.5 Å². The molecule has 0 spiro atoms. The third-order valence-corrected chi connectivity index (χ3v) is 4.98. The van der Waals surface area contributed by atoms with E-state index in [4.69, 9.17) is 4.98 Å². The SMILES string of the molecule is CCN(CC)C(=O)c1cn(C(C)(C)C)c2nc(Nc3ccc(C)cc3)ccc12. The highest BCUT2D eigenvalue weighted by Gasteiger charge is 2.24. The summed E-state index contributed by atoms with van der Waals surface area (Å²) in [4.78, 5) is 19.7. The minimum absolute atomic E-state index is 0.0547. The Morgan fingerprint density at radius 3 is 2.29 bits per heavy atom. The molecule has 148 valence electrons. The Balaban J connectivity index is 2.08. The smallest absolute Gasteiger partial charge is 0.256 e. The molecule has 28 heavy (non-hydrogen) atoms. The van der Waals surface area contributed by atoms with Crippen LogP contribution in [0.5, 0.6) is 0 Å². The number of carbonyl (C=O) groups excluding carboxylic acids is 1. The normalized spacial score (nSPS) is 11.6. The lowest BCUT2D eigenvalue weighted by molar-refractivity contribution is 0.0774. The molecule has 0 radical (unpaired) electrons. The molecule has 0 saturated heterocycles. The number of pyridine rings is 1. The molecule has 0 unspecified atom stereocenters. The fourth-order valence-corrected chi connectivity index (χ4v) is 3.32. The van der Waals surface area contributed by atoms with Crippen molar-refractivity contribution in [3.63, 3.8) is 0 Å². The highest BCUT2D eigenvalue weighted by atomic mass is 16.2. The summed E-state index contributed by atoms with van der Waals surface area (Å²) in [6.45, 7) is 13.8. The van der Waals surface area contributed by atoms with Gasteiger partial charge in [0.15, 0.2) is 0 Å². The van der Waals surface area contributed by atoms with Crippen LogP contribution in [-0.4, -0.2) is 33.4 Å². The van der Waals surface area contributed by atoms with Crippen LogP contribution < -0.4 is 5.32 Å². The first-order valence-corrected chi connectivity index (χ1v) is 9.90. The summed E-state index contributed by atoms with van der Waals surface area (Å²) in [6.07, 6.45) is 1.95. The number of aryl methyl sites for hydroxylation is 1. The topological polar surface area (TPSA) is 50.2 Å². The zero-order valence-corrected chi connectivity index (χ0v) is 17.7. The van der Waals surface area contributed by atoms with Crippen molar-refractivity contribution < 1.29 is 4.79 Å². The molecule has 5 nitrogen and oxygen atoms in total. The van der Waals surface area contributed by atoms with Crippen molar-refractivity contribution in [2.45, 2.75) is 47.1 Å². The summed E-state index contributed by atoms with van der Waals surface area (Å²) in [5.41, 5.74) is 3.55. The number of anilines is 2. The first-order valence-electron chi connectivity index (χ1n) is 9.90. The molecule has 2 heterocycles. The maximum atomic E-state index is 13.0. The van der Waals surface area contributed by atoms with Crippen LogP contribution in [0.4, 0.5) is 11.5 Å². The van der Waals surface area contributed by atoms with E-state index in [1.807, 2.05) is 49.2 Å². The summed E-state index contributed by atoms with van der Waals surface area (Å²) in [5.74, 6) is 0.820. The van der Waals surface area contributed by atoms with Gasteiger partial charge in [-0.3, -0.25) is 4.79 Å². The van der Waals surface area contributed by atoms with Crippen LogP contribution in [0.15, 0.2) is 42.6 Å². The maximum Gasteiger partial charge on any atom is 0.256 e. The number of amides is 1. The Bertz CT molecular complexity index is 976. The second-order valence-electron chi connectivity index (χ2n) is 8.12. The Hall–Kier alpha value is -2.82. The van der Waals surface area contributed by atoms with E-state index in [9.17, 15) is 4.79 Å². The quantitative estimate of drug-likeness (QED) is 0.653. The van der Waals surface area contributed by atoms with Gasteiger partial charge in [0.2, 0.25) is 0 Å². The second-order valence-corrected chi connectivity index (χ2v) is 8.12. The number of nitrogens with one attached hydrogen (secondary N) is 1. The molecule has 0 atom stereocenters. The Labute approximate surface area is 167 Å². The molecule has 0 saturated carbocycles. The predicted octanol–water partition coefficient (Wildman–Crippen LogP) is 5.33. The van der Waals surface area contributed by atoms with Crippen LogP contribution in [0.2, 0.25) is 0 Å². The van der Waals surface area contributed by atoms with Crippen molar-refractivity contribution in [1.82, 2.24) is 14.5 Å². The molecule has 5 heteroatoms. The van der Waals surface area contributed by atoms with E-state index < -0.39 is 0 Å². The molecular formula is C23H30N4O. The molecule has 1 aromatic carbocycles. The van der Waals surface area contributed by atoms with E-state index in [1.165, 1.54) is 5.56 Å². The standard InChI is InChI=1S/C23H30N4O/c1-7-26(8-2)22(28)19-15-27(23(4,5)6)21-18(19)13-14-20(25-21)24-17-11-9-16(3)10-12-17/h9-15H,7-8H2,1-6H3,(H,24,25). The van der Waals surface area contributed by atoms with E-state index in [1.54, 1.807) is 0 Å². The summed E-state index contributed by atoms with van der Waals surface area (Å²) >= 11 is 0. The van der Waals surface area contributed by atoms with E-state index in [0.717, 1.165) is 22.5 Å². The van der Waals surface area contributed by atoms with Crippen molar-refractivity contribution in [3.8, 4) is 0 Å². The molecule has 3 rings (SSSR count). The molecule has 0 aliphatic carbocycles. The number of nitrogens with zero attached hydrogens (tertiary/aromatic N) is 3. The lowest BCUT2D eigenvalue weighted by Gasteiger charge is -2.22. The van der Waals surface area contributed by atoms with E-state index in [-0.39, 0.29) is 11.4 Å². The monoisotopic (exact) mass is 378 g/mol. The molecule has 1 N–H and O–H groups in total. The Morgan fingerprint density at radius 1 is 1.07 bits per heavy atom. The number of fused-ring (bicyclic) bond motifs is 1. The largest absolute Gasteiger partial charge is 0.340 e. The van der Waals surface area contributed by atoms with Gasteiger partial charge in [0.1, 0.15) is 11.5 Å². The fourth-order valence-electron chi connectivity index (χ4n) is 3.32. The molecule has 0 bridgehead atoms. The van der Waals surface area contributed by atoms with Gasteiger partial charge >= 0.3 is 0 Å². The van der Waals surface area contributed by atoms with Crippen LogP contribution in [0.3, 0.4) is 0 Å². The van der Waals surface area contributed by atoms with Crippen molar-refractivity contribution in [2.75, 3.05) is 18.4 Å².